The number of nitrogens with zero attached hydrogens (tertiary/aromatic N) is 8. The van der Waals surface area contributed by atoms with Gasteiger partial charge in [0.1, 0.15) is 33.5 Å². The molecule has 8 heterocycles. The van der Waals surface area contributed by atoms with E-state index in [2.05, 4.69) is 167 Å². The molecular weight excluding hydrogens is 1270 g/mol. The summed E-state index contributed by atoms with van der Waals surface area (Å²) in [7, 11) is 0. The Morgan fingerprint density at radius 1 is 0.235 bits per heavy atom. The van der Waals surface area contributed by atoms with Gasteiger partial charge in [-0.25, -0.2) is 29.9 Å². The molecule has 22 rings (SSSR count). The molecule has 476 valence electrons. The van der Waals surface area contributed by atoms with Crippen molar-refractivity contribution < 1.29 is 13.3 Å². The summed E-state index contributed by atoms with van der Waals surface area (Å²) in [6.07, 6.45) is 0. The predicted octanol–water partition coefficient (Wildman–Crippen LogP) is 24.0. The lowest BCUT2D eigenvalue weighted by atomic mass is 10.1. The van der Waals surface area contributed by atoms with Crippen molar-refractivity contribution in [1.29, 1.82) is 0 Å². The number of aromatic nitrogens is 8. The van der Waals surface area contributed by atoms with Crippen LogP contribution in [0.5, 0.6) is 0 Å². The van der Waals surface area contributed by atoms with E-state index in [9.17, 15) is 0 Å². The third kappa shape index (κ3) is 9.13. The van der Waals surface area contributed by atoms with Gasteiger partial charge >= 0.3 is 0 Å². The molecule has 0 aliphatic carbocycles. The Hall–Kier alpha value is -13.7. The lowest BCUT2D eigenvalue weighted by molar-refractivity contribution is 0.669. The molecule has 0 aliphatic heterocycles. The van der Waals surface area contributed by atoms with E-state index >= 15 is 0 Å². The number of fused-ring (bicyclic) bond motifs is 20. The van der Waals surface area contributed by atoms with Crippen LogP contribution >= 0.6 is 11.3 Å². The maximum Gasteiger partial charge on any atom is 0.167 e. The Kier molecular flexibility index (Phi) is 12.9. The number of hydrogen-bond donors (Lipinski definition) is 0. The molecule has 0 atom stereocenters. The zero-order valence-corrected chi connectivity index (χ0v) is 55.0. The van der Waals surface area contributed by atoms with Gasteiger partial charge in [0.15, 0.2) is 34.9 Å². The van der Waals surface area contributed by atoms with E-state index in [4.69, 9.17) is 43.2 Å². The molecule has 0 radical (unpaired) electrons. The Morgan fingerprint density at radius 2 is 0.608 bits per heavy atom. The zero-order chi connectivity index (χ0) is 66.9. The third-order valence-corrected chi connectivity index (χ3v) is 20.9. The zero-order valence-electron chi connectivity index (χ0n) is 54.2. The molecule has 0 amide bonds. The van der Waals surface area contributed by atoms with E-state index < -0.39 is 0 Å². The molecule has 0 spiro atoms. The van der Waals surface area contributed by atoms with E-state index in [0.29, 0.717) is 34.9 Å². The Bertz CT molecular complexity index is 6590. The van der Waals surface area contributed by atoms with Gasteiger partial charge in [-0.15, -0.1) is 11.3 Å². The van der Waals surface area contributed by atoms with Crippen molar-refractivity contribution in [3.63, 3.8) is 0 Å². The highest BCUT2D eigenvalue weighted by molar-refractivity contribution is 7.26. The maximum atomic E-state index is 6.64. The van der Waals surface area contributed by atoms with E-state index in [1.54, 1.807) is 11.3 Å². The van der Waals surface area contributed by atoms with Gasteiger partial charge in [0.25, 0.3) is 0 Å². The topological polar surface area (TPSA) is 127 Å². The molecule has 0 bridgehead atoms. The van der Waals surface area contributed by atoms with Crippen LogP contribution in [-0.4, -0.2) is 39.0 Å². The molecule has 11 nitrogen and oxygen atoms in total. The predicted molar refractivity (Wildman–Crippen MR) is 416 cm³/mol. The van der Waals surface area contributed by atoms with E-state index in [-0.39, 0.29) is 0 Å². The molecule has 0 fully saturated rings. The van der Waals surface area contributed by atoms with Crippen LogP contribution in [0.4, 0.5) is 0 Å². The van der Waals surface area contributed by atoms with Gasteiger partial charge < -0.3 is 22.4 Å². The fourth-order valence-electron chi connectivity index (χ4n) is 15.1. The second-order valence-corrected chi connectivity index (χ2v) is 26.6. The first-order chi connectivity index (χ1) is 50.6. The first-order valence-electron chi connectivity index (χ1n) is 33.9. The second-order valence-electron chi connectivity index (χ2n) is 25.6. The van der Waals surface area contributed by atoms with Crippen LogP contribution in [0.1, 0.15) is 0 Å². The minimum Gasteiger partial charge on any atom is -0.455 e. The minimum atomic E-state index is 0.560. The van der Waals surface area contributed by atoms with Gasteiger partial charge in [0.05, 0.1) is 38.4 Å². The molecule has 102 heavy (non-hydrogen) atoms. The lowest BCUT2D eigenvalue weighted by Crippen LogP contribution is -2.00. The summed E-state index contributed by atoms with van der Waals surface area (Å²) in [4.78, 5) is 29.9. The summed E-state index contributed by atoms with van der Waals surface area (Å²) in [5.74, 6) is 3.76. The van der Waals surface area contributed by atoms with Crippen molar-refractivity contribution in [1.82, 2.24) is 39.0 Å². The Balaban J connectivity index is 0.000000133. The minimum absolute atomic E-state index is 0.560. The number of benzene rings is 14. The van der Waals surface area contributed by atoms with Crippen molar-refractivity contribution >= 4 is 141 Å². The average Bonchev–Trinajstić information content (AvgIpc) is 1.56. The summed E-state index contributed by atoms with van der Waals surface area (Å²) in [6, 6.07) is 109. The molecule has 12 heteroatoms. The van der Waals surface area contributed by atoms with Gasteiger partial charge in [-0.2, -0.15) is 0 Å². The molecule has 0 N–H and O–H groups in total. The largest absolute Gasteiger partial charge is 0.455 e. The van der Waals surface area contributed by atoms with Crippen LogP contribution in [0.3, 0.4) is 0 Å². The molecule has 0 aliphatic rings. The molecule has 8 aromatic heterocycles. The van der Waals surface area contributed by atoms with Crippen LogP contribution in [0.2, 0.25) is 0 Å². The number of para-hydroxylation sites is 5. The van der Waals surface area contributed by atoms with Crippen LogP contribution < -0.4 is 0 Å². The van der Waals surface area contributed by atoms with Crippen LogP contribution in [-0.2, 0) is 0 Å². The summed E-state index contributed by atoms with van der Waals surface area (Å²) in [6.45, 7) is 0. The monoisotopic (exact) mass is 1320 g/mol. The van der Waals surface area contributed by atoms with Gasteiger partial charge in [-0.05, 0) is 97.1 Å². The number of furan rings is 3. The summed E-state index contributed by atoms with van der Waals surface area (Å²) < 4.78 is 26.8. The van der Waals surface area contributed by atoms with Crippen molar-refractivity contribution in [2.45, 2.75) is 0 Å². The fourth-order valence-corrected chi connectivity index (χ4v) is 16.3. The first kappa shape index (κ1) is 57.4. The van der Waals surface area contributed by atoms with Gasteiger partial charge in [0.2, 0.25) is 0 Å². The Labute approximate surface area is 584 Å². The molecule has 22 aromatic rings. The normalized spacial score (nSPS) is 11.9. The van der Waals surface area contributed by atoms with Crippen molar-refractivity contribution in [2.24, 2.45) is 0 Å². The molecule has 0 unspecified atom stereocenters. The molecule has 0 saturated heterocycles. The van der Waals surface area contributed by atoms with Crippen LogP contribution in [0, 0.1) is 0 Å². The number of rotatable bonds is 8. The number of thiophene rings is 1. The third-order valence-electron chi connectivity index (χ3n) is 19.7. The highest BCUT2D eigenvalue weighted by Crippen LogP contribution is 2.46. The SMILES string of the molecule is c1ccc(-c2nc(-c3ccccc3)nc(-c3cccc4c3oc3ccc(-n5c6ccccc6c6c7oc8ccccc8c7ccc65)cc34)n2)cc1.c1ccc(-c2nc(-c3ccccc3)nc(-c3cccc4c3sc3ccc(-n5c6ccccc6c6c7oc8ccccc8c7ccc65)cc34)n2)cc1. The summed E-state index contributed by atoms with van der Waals surface area (Å²) in [5, 5.41) is 13.5. The van der Waals surface area contributed by atoms with Gasteiger partial charge in [-0.3, -0.25) is 0 Å². The van der Waals surface area contributed by atoms with Crippen molar-refractivity contribution in [2.75, 3.05) is 0 Å². The summed E-state index contributed by atoms with van der Waals surface area (Å²) in [5.41, 5.74) is 17.3. The quantitative estimate of drug-likeness (QED) is 0.146. The maximum absolute atomic E-state index is 6.64. The first-order valence-corrected chi connectivity index (χ1v) is 34.7. The van der Waals surface area contributed by atoms with Crippen molar-refractivity contribution in [3.8, 4) is 79.7 Å². The molecule has 14 aromatic carbocycles. The van der Waals surface area contributed by atoms with E-state index in [1.807, 2.05) is 158 Å². The smallest absolute Gasteiger partial charge is 0.167 e. The standard InChI is InChI=1S/C45H26N4O2.C45H26N4OS/c1-3-12-27(13-4-1)43-46-44(28-14-5-2-6-15-28)48-45(47-43)34-19-11-18-31-35-26-29(22-25-39(35)50-41(31)34)49-36-20-9-7-17-33(36)40-37(49)24-23-32-30-16-8-10-21-38(30)51-42(32)40;1-3-12-27(13-4-1)43-46-44(28-14-5-2-6-15-28)48-45(47-43)34-19-11-18-32-35-26-29(22-25-39(35)51-42(32)34)49-36-20-9-7-17-33(36)40-37(49)24-23-31-30-16-8-10-21-38(30)50-41(31)40/h2*1-26H. The highest BCUT2D eigenvalue weighted by Gasteiger charge is 2.25. The lowest BCUT2D eigenvalue weighted by Gasteiger charge is -2.09. The second kappa shape index (κ2) is 23.0. The van der Waals surface area contributed by atoms with Crippen LogP contribution in [0.15, 0.2) is 329 Å². The molecule has 0 saturated carbocycles. The Morgan fingerprint density at radius 3 is 1.12 bits per heavy atom. The molecular formula is C90H52N8O3S. The van der Waals surface area contributed by atoms with E-state index in [0.717, 1.165) is 153 Å². The number of hydrogen-bond acceptors (Lipinski definition) is 10. The van der Waals surface area contributed by atoms with Crippen LogP contribution in [0.25, 0.3) is 209 Å². The fraction of sp³-hybridized carbons (Fsp3) is 0. The average molecular weight is 1330 g/mol. The van der Waals surface area contributed by atoms with Crippen molar-refractivity contribution in [3.05, 3.63) is 315 Å². The van der Waals surface area contributed by atoms with Gasteiger partial charge in [-0.1, -0.05) is 218 Å². The van der Waals surface area contributed by atoms with E-state index in [1.165, 1.54) is 20.9 Å². The highest BCUT2D eigenvalue weighted by atomic mass is 32.1. The van der Waals surface area contributed by atoms with Gasteiger partial charge in [0, 0.05) is 102 Å². The summed E-state index contributed by atoms with van der Waals surface area (Å²) >= 11 is 1.78.